The summed E-state index contributed by atoms with van der Waals surface area (Å²) >= 11 is 1.50. The number of hydrogen-bond acceptors (Lipinski definition) is 4. The van der Waals surface area contributed by atoms with Gasteiger partial charge >= 0.3 is 0 Å². The van der Waals surface area contributed by atoms with Gasteiger partial charge in [-0.25, -0.2) is 4.98 Å². The number of amides is 2. The molecule has 4 rings (SSSR count). The third-order valence-electron chi connectivity index (χ3n) is 5.27. The Morgan fingerprint density at radius 2 is 1.77 bits per heavy atom. The molecule has 0 unspecified atom stereocenters. The van der Waals surface area contributed by atoms with Crippen molar-refractivity contribution in [1.82, 2.24) is 14.5 Å². The molecule has 0 spiro atoms. The van der Waals surface area contributed by atoms with Gasteiger partial charge in [-0.15, -0.1) is 0 Å². The van der Waals surface area contributed by atoms with Gasteiger partial charge in [-0.2, -0.15) is 0 Å². The van der Waals surface area contributed by atoms with E-state index in [-0.39, 0.29) is 17.7 Å². The smallest absolute Gasteiger partial charge is 0.272 e. The number of carbonyl (C=O) groups excluding carboxylic acids is 2. The van der Waals surface area contributed by atoms with Gasteiger partial charge in [0.1, 0.15) is 5.69 Å². The van der Waals surface area contributed by atoms with E-state index < -0.39 is 0 Å². The molecule has 0 aliphatic carbocycles. The Labute approximate surface area is 180 Å². The van der Waals surface area contributed by atoms with Crippen molar-refractivity contribution in [1.29, 1.82) is 0 Å². The highest BCUT2D eigenvalue weighted by atomic mass is 32.2. The molecule has 1 saturated heterocycles. The van der Waals surface area contributed by atoms with Crippen LogP contribution in [0.15, 0.2) is 72.0 Å². The summed E-state index contributed by atoms with van der Waals surface area (Å²) in [5.41, 5.74) is 2.20. The molecule has 30 heavy (non-hydrogen) atoms. The fourth-order valence-electron chi connectivity index (χ4n) is 3.76. The molecule has 1 aliphatic rings. The third kappa shape index (κ3) is 4.26. The molecule has 6 nitrogen and oxygen atoms in total. The molecular weight excluding hydrogens is 396 g/mol. The summed E-state index contributed by atoms with van der Waals surface area (Å²) in [7, 11) is 0. The maximum absolute atomic E-state index is 13.4. The first kappa shape index (κ1) is 20.2. The molecule has 7 heteroatoms. The molecule has 1 N–H and O–H groups in total. The lowest BCUT2D eigenvalue weighted by atomic mass is 9.96. The molecular formula is C23H24N4O2S. The first-order valence-electron chi connectivity index (χ1n) is 9.99. The first-order chi connectivity index (χ1) is 14.7. The molecule has 1 fully saturated rings. The van der Waals surface area contributed by atoms with Crippen LogP contribution in [0.1, 0.15) is 23.3 Å². The minimum absolute atomic E-state index is 0.0416. The summed E-state index contributed by atoms with van der Waals surface area (Å²) in [6.45, 7) is 1.05. The normalized spacial score (nSPS) is 16.3. The molecule has 1 atom stereocenters. The minimum Gasteiger partial charge on any atom is -0.337 e. The van der Waals surface area contributed by atoms with Crippen molar-refractivity contribution in [2.24, 2.45) is 5.92 Å². The average molecular weight is 421 g/mol. The fraction of sp³-hybridized carbons (Fsp3) is 0.261. The zero-order chi connectivity index (χ0) is 20.9. The molecule has 3 aromatic rings. The van der Waals surface area contributed by atoms with Crippen LogP contribution in [-0.2, 0) is 4.79 Å². The van der Waals surface area contributed by atoms with E-state index >= 15 is 0 Å². The lowest BCUT2D eigenvalue weighted by Gasteiger charge is -2.32. The van der Waals surface area contributed by atoms with Crippen LogP contribution in [0.5, 0.6) is 0 Å². The van der Waals surface area contributed by atoms with Gasteiger partial charge in [0.05, 0.1) is 12.1 Å². The number of nitrogens with zero attached hydrogens (tertiary/aromatic N) is 3. The molecule has 2 amide bonds. The highest BCUT2D eigenvalue weighted by Gasteiger charge is 2.31. The number of carbonyl (C=O) groups is 2. The van der Waals surface area contributed by atoms with E-state index in [1.807, 2.05) is 71.5 Å². The monoisotopic (exact) mass is 420 g/mol. The van der Waals surface area contributed by atoms with Crippen molar-refractivity contribution in [2.45, 2.75) is 18.0 Å². The van der Waals surface area contributed by atoms with Gasteiger partial charge in [0.15, 0.2) is 5.16 Å². The van der Waals surface area contributed by atoms with Crippen molar-refractivity contribution in [3.63, 3.8) is 0 Å². The van der Waals surface area contributed by atoms with E-state index in [0.29, 0.717) is 18.8 Å². The number of nitrogens with one attached hydrogen (secondary N) is 1. The second-order valence-corrected chi connectivity index (χ2v) is 8.02. The summed E-state index contributed by atoms with van der Waals surface area (Å²) in [4.78, 5) is 32.3. The first-order valence-corrected chi connectivity index (χ1v) is 11.2. The van der Waals surface area contributed by atoms with Crippen molar-refractivity contribution >= 4 is 29.3 Å². The quantitative estimate of drug-likeness (QED) is 0.632. The minimum atomic E-state index is -0.226. The number of piperidine rings is 1. The number of anilines is 1. The second-order valence-electron chi connectivity index (χ2n) is 7.25. The number of likely N-dealkylation sites (tertiary alicyclic amines) is 1. The molecule has 2 aromatic carbocycles. The van der Waals surface area contributed by atoms with E-state index in [9.17, 15) is 9.59 Å². The number of aromatic nitrogens is 2. The lowest BCUT2D eigenvalue weighted by Crippen LogP contribution is -2.44. The zero-order valence-corrected chi connectivity index (χ0v) is 17.6. The maximum Gasteiger partial charge on any atom is 0.272 e. The Balaban J connectivity index is 1.53. The molecule has 1 aromatic heterocycles. The number of thioether (sulfide) groups is 1. The number of benzene rings is 2. The van der Waals surface area contributed by atoms with Gasteiger partial charge in [-0.1, -0.05) is 48.2 Å². The van der Waals surface area contributed by atoms with Crippen LogP contribution in [0.2, 0.25) is 0 Å². The average Bonchev–Trinajstić information content (AvgIpc) is 3.24. The van der Waals surface area contributed by atoms with Gasteiger partial charge in [0.2, 0.25) is 5.91 Å². The predicted molar refractivity (Wildman–Crippen MR) is 119 cm³/mol. The molecule has 2 heterocycles. The van der Waals surface area contributed by atoms with E-state index in [0.717, 1.165) is 29.4 Å². The van der Waals surface area contributed by atoms with Crippen LogP contribution in [-0.4, -0.2) is 45.6 Å². The molecule has 0 radical (unpaired) electrons. The van der Waals surface area contributed by atoms with Crippen LogP contribution in [0.4, 0.5) is 5.69 Å². The molecule has 1 aliphatic heterocycles. The largest absolute Gasteiger partial charge is 0.337 e. The van der Waals surface area contributed by atoms with Crippen LogP contribution in [0, 0.1) is 5.92 Å². The Kier molecular flexibility index (Phi) is 6.18. The Bertz CT molecular complexity index is 1020. The summed E-state index contributed by atoms with van der Waals surface area (Å²) in [6, 6.07) is 19.2. The lowest BCUT2D eigenvalue weighted by molar-refractivity contribution is -0.121. The van der Waals surface area contributed by atoms with Crippen molar-refractivity contribution < 1.29 is 9.59 Å². The number of rotatable bonds is 5. The van der Waals surface area contributed by atoms with Gasteiger partial charge in [-0.05, 0) is 43.4 Å². The predicted octanol–water partition coefficient (Wildman–Crippen LogP) is 4.09. The number of para-hydroxylation sites is 2. The van der Waals surface area contributed by atoms with Crippen molar-refractivity contribution in [2.75, 3.05) is 24.7 Å². The molecule has 154 valence electrons. The van der Waals surface area contributed by atoms with Gasteiger partial charge in [0.25, 0.3) is 5.91 Å². The van der Waals surface area contributed by atoms with Gasteiger partial charge in [-0.3, -0.25) is 14.2 Å². The van der Waals surface area contributed by atoms with Crippen LogP contribution in [0.25, 0.3) is 5.69 Å². The van der Waals surface area contributed by atoms with E-state index in [2.05, 4.69) is 10.3 Å². The van der Waals surface area contributed by atoms with E-state index in [1.165, 1.54) is 11.8 Å². The van der Waals surface area contributed by atoms with Crippen LogP contribution in [0.3, 0.4) is 0 Å². The Morgan fingerprint density at radius 1 is 1.07 bits per heavy atom. The van der Waals surface area contributed by atoms with Crippen LogP contribution < -0.4 is 5.32 Å². The highest BCUT2D eigenvalue weighted by Crippen LogP contribution is 2.25. The number of hydrogen-bond donors (Lipinski definition) is 1. The number of imidazole rings is 1. The summed E-state index contributed by atoms with van der Waals surface area (Å²) in [5, 5.41) is 3.73. The van der Waals surface area contributed by atoms with E-state index in [1.54, 1.807) is 11.1 Å². The topological polar surface area (TPSA) is 67.2 Å². The zero-order valence-electron chi connectivity index (χ0n) is 16.8. The Hall–Kier alpha value is -3.06. The second kappa shape index (κ2) is 9.17. The molecule has 0 saturated carbocycles. The molecule has 0 bridgehead atoms. The highest BCUT2D eigenvalue weighted by molar-refractivity contribution is 7.98. The SMILES string of the molecule is CSc1ncc(C(=O)N2CCC[C@@H](C(=O)Nc3ccccc3)C2)n1-c1ccccc1. The van der Waals surface area contributed by atoms with Gasteiger partial charge in [0, 0.05) is 24.5 Å². The van der Waals surface area contributed by atoms with E-state index in [4.69, 9.17) is 0 Å². The standard InChI is InChI=1S/C23H24N4O2S/c1-30-23-24-15-20(27(23)19-12-6-3-7-13-19)22(29)26-14-8-9-17(16-26)21(28)25-18-10-4-2-5-11-18/h2-7,10-13,15,17H,8-9,14,16H2,1H3,(H,25,28)/t17-/m1/s1. The maximum atomic E-state index is 13.4. The van der Waals surface area contributed by atoms with Crippen LogP contribution >= 0.6 is 11.8 Å². The summed E-state index contributed by atoms with van der Waals surface area (Å²) in [6.07, 6.45) is 5.15. The Morgan fingerprint density at radius 3 is 2.47 bits per heavy atom. The van der Waals surface area contributed by atoms with Crippen molar-refractivity contribution in [3.8, 4) is 5.69 Å². The third-order valence-corrected chi connectivity index (χ3v) is 5.92. The fourth-order valence-corrected chi connectivity index (χ4v) is 4.30. The van der Waals surface area contributed by atoms with Gasteiger partial charge < -0.3 is 10.2 Å². The van der Waals surface area contributed by atoms with Crippen molar-refractivity contribution in [3.05, 3.63) is 72.6 Å². The summed E-state index contributed by atoms with van der Waals surface area (Å²) in [5.74, 6) is -0.361. The summed E-state index contributed by atoms with van der Waals surface area (Å²) < 4.78 is 1.89.